The first kappa shape index (κ1) is 8.69. The molecule has 11 heavy (non-hydrogen) atoms. The number of ether oxygens (including phenoxy) is 1. The van der Waals surface area contributed by atoms with Crippen molar-refractivity contribution in [3.63, 3.8) is 0 Å². The van der Waals surface area contributed by atoms with Crippen molar-refractivity contribution < 1.29 is 4.74 Å². The molecule has 0 aliphatic carbocycles. The molecule has 0 heterocycles. The fraction of sp³-hybridized carbons (Fsp3) is 0.125. The van der Waals surface area contributed by atoms with Gasteiger partial charge in [0.1, 0.15) is 10.8 Å². The molecule has 0 atom stereocenters. The second-order valence-electron chi connectivity index (χ2n) is 1.90. The molecule has 0 saturated carbocycles. The van der Waals surface area contributed by atoms with E-state index in [-0.39, 0.29) is 0 Å². The third-order valence-electron chi connectivity index (χ3n) is 1.17. The predicted molar refractivity (Wildman–Crippen MR) is 47.3 cm³/mol. The molecule has 0 aliphatic rings. The van der Waals surface area contributed by atoms with E-state index in [2.05, 4.69) is 6.92 Å². The Bertz CT molecular complexity index is 248. The zero-order valence-corrected chi connectivity index (χ0v) is 7.32. The standard InChI is InChI=1S/C8H7Cl2O/c1-2-11-7-5-3-4-6(9)8(7)10/h3-5H,1-2H2. The Hall–Kier alpha value is -0.400. The molecule has 59 valence electrons. The summed E-state index contributed by atoms with van der Waals surface area (Å²) in [7, 11) is 0. The van der Waals surface area contributed by atoms with Crippen LogP contribution in [0.4, 0.5) is 0 Å². The summed E-state index contributed by atoms with van der Waals surface area (Å²) in [4.78, 5) is 0. The molecule has 1 rings (SSSR count). The lowest BCUT2D eigenvalue weighted by molar-refractivity contribution is 0.361. The van der Waals surface area contributed by atoms with Gasteiger partial charge in [0.15, 0.2) is 0 Å². The van der Waals surface area contributed by atoms with Crippen LogP contribution in [0.1, 0.15) is 0 Å². The normalized spacial score (nSPS) is 9.73. The lowest BCUT2D eigenvalue weighted by Crippen LogP contribution is -1.91. The molecule has 0 saturated heterocycles. The van der Waals surface area contributed by atoms with Crippen LogP contribution in [0.3, 0.4) is 0 Å². The number of hydrogen-bond donors (Lipinski definition) is 0. The molecule has 0 aromatic heterocycles. The first-order chi connectivity index (χ1) is 5.25. The largest absolute Gasteiger partial charge is 0.492 e. The van der Waals surface area contributed by atoms with Crippen molar-refractivity contribution in [3.05, 3.63) is 35.2 Å². The highest BCUT2D eigenvalue weighted by atomic mass is 35.5. The topological polar surface area (TPSA) is 9.23 Å². The number of halogens is 2. The van der Waals surface area contributed by atoms with Crippen LogP contribution in [0.25, 0.3) is 0 Å². The molecule has 0 aliphatic heterocycles. The van der Waals surface area contributed by atoms with Crippen LogP contribution in [0.15, 0.2) is 18.2 Å². The van der Waals surface area contributed by atoms with Gasteiger partial charge in [-0.1, -0.05) is 29.3 Å². The van der Waals surface area contributed by atoms with Crippen molar-refractivity contribution in [2.75, 3.05) is 6.61 Å². The minimum absolute atomic E-state index is 0.347. The number of rotatable bonds is 2. The van der Waals surface area contributed by atoms with Crippen LogP contribution in [-0.4, -0.2) is 6.61 Å². The van der Waals surface area contributed by atoms with Crippen LogP contribution >= 0.6 is 23.2 Å². The highest BCUT2D eigenvalue weighted by Gasteiger charge is 2.02. The van der Waals surface area contributed by atoms with Gasteiger partial charge in [-0.2, -0.15) is 0 Å². The van der Waals surface area contributed by atoms with Crippen LogP contribution in [0.2, 0.25) is 10.0 Å². The van der Waals surface area contributed by atoms with E-state index in [4.69, 9.17) is 27.9 Å². The molecular formula is C8H7Cl2O. The van der Waals surface area contributed by atoms with Crippen LogP contribution < -0.4 is 4.74 Å². The minimum Gasteiger partial charge on any atom is -0.492 e. The molecule has 1 aromatic rings. The van der Waals surface area contributed by atoms with Crippen LogP contribution in [-0.2, 0) is 0 Å². The highest BCUT2D eigenvalue weighted by molar-refractivity contribution is 6.42. The Labute approximate surface area is 75.9 Å². The fourth-order valence-corrected chi connectivity index (χ4v) is 1.05. The summed E-state index contributed by atoms with van der Waals surface area (Å²) >= 11 is 11.5. The second-order valence-corrected chi connectivity index (χ2v) is 2.69. The summed E-state index contributed by atoms with van der Waals surface area (Å²) in [6.07, 6.45) is 0. The molecule has 0 spiro atoms. The third-order valence-corrected chi connectivity index (χ3v) is 1.98. The van der Waals surface area contributed by atoms with Crippen molar-refractivity contribution in [3.8, 4) is 5.75 Å². The summed E-state index contributed by atoms with van der Waals surface area (Å²) < 4.78 is 5.09. The maximum Gasteiger partial charge on any atom is 0.139 e. The Kier molecular flexibility index (Phi) is 3.03. The van der Waals surface area contributed by atoms with Gasteiger partial charge in [-0.25, -0.2) is 0 Å². The van der Waals surface area contributed by atoms with Gasteiger partial charge in [0, 0.05) is 0 Å². The Morgan fingerprint density at radius 2 is 2.09 bits per heavy atom. The predicted octanol–water partition coefficient (Wildman–Crippen LogP) is 3.21. The Morgan fingerprint density at radius 1 is 1.36 bits per heavy atom. The number of hydrogen-bond acceptors (Lipinski definition) is 1. The van der Waals surface area contributed by atoms with Crippen molar-refractivity contribution in [2.45, 2.75) is 0 Å². The molecule has 0 N–H and O–H groups in total. The van der Waals surface area contributed by atoms with Gasteiger partial charge in [0.05, 0.1) is 11.6 Å². The van der Waals surface area contributed by atoms with E-state index in [0.717, 1.165) is 0 Å². The molecule has 1 radical (unpaired) electrons. The molecule has 0 amide bonds. The Balaban J connectivity index is 2.96. The summed E-state index contributed by atoms with van der Waals surface area (Å²) in [6, 6.07) is 5.23. The van der Waals surface area contributed by atoms with E-state index < -0.39 is 0 Å². The summed E-state index contributed by atoms with van der Waals surface area (Å²) in [6.45, 7) is 3.88. The van der Waals surface area contributed by atoms with Crippen molar-refractivity contribution in [1.29, 1.82) is 0 Å². The van der Waals surface area contributed by atoms with E-state index in [9.17, 15) is 0 Å². The monoisotopic (exact) mass is 189 g/mol. The maximum absolute atomic E-state index is 5.79. The quantitative estimate of drug-likeness (QED) is 0.695. The summed E-state index contributed by atoms with van der Waals surface area (Å²) in [5, 5.41) is 0.940. The van der Waals surface area contributed by atoms with E-state index in [1.54, 1.807) is 18.2 Å². The van der Waals surface area contributed by atoms with Gasteiger partial charge in [0.25, 0.3) is 0 Å². The third kappa shape index (κ3) is 2.01. The highest BCUT2D eigenvalue weighted by Crippen LogP contribution is 2.31. The molecule has 0 unspecified atom stereocenters. The van der Waals surface area contributed by atoms with E-state index in [1.165, 1.54) is 0 Å². The summed E-state index contributed by atoms with van der Waals surface area (Å²) in [5.74, 6) is 0.578. The fourth-order valence-electron chi connectivity index (χ4n) is 0.705. The first-order valence-electron chi connectivity index (χ1n) is 3.11. The zero-order chi connectivity index (χ0) is 8.27. The minimum atomic E-state index is 0.347. The first-order valence-corrected chi connectivity index (χ1v) is 3.87. The number of benzene rings is 1. The molecule has 3 heteroatoms. The SMILES string of the molecule is [CH2]COc1cccc(Cl)c1Cl. The molecule has 1 aromatic carbocycles. The average Bonchev–Trinajstić information content (AvgIpc) is 1.99. The second kappa shape index (κ2) is 3.84. The lowest BCUT2D eigenvalue weighted by atomic mass is 10.3. The van der Waals surface area contributed by atoms with Crippen molar-refractivity contribution in [2.24, 2.45) is 0 Å². The average molecular weight is 190 g/mol. The maximum atomic E-state index is 5.79. The van der Waals surface area contributed by atoms with E-state index in [0.29, 0.717) is 22.4 Å². The van der Waals surface area contributed by atoms with Gasteiger partial charge in [-0.3, -0.25) is 0 Å². The molecule has 0 bridgehead atoms. The Morgan fingerprint density at radius 3 is 2.73 bits per heavy atom. The van der Waals surface area contributed by atoms with Crippen molar-refractivity contribution in [1.82, 2.24) is 0 Å². The van der Waals surface area contributed by atoms with Gasteiger partial charge < -0.3 is 4.74 Å². The summed E-state index contributed by atoms with van der Waals surface area (Å²) in [5.41, 5.74) is 0. The van der Waals surface area contributed by atoms with Crippen LogP contribution in [0, 0.1) is 6.92 Å². The zero-order valence-electron chi connectivity index (χ0n) is 5.81. The lowest BCUT2D eigenvalue weighted by Gasteiger charge is -2.04. The molecule has 1 nitrogen and oxygen atoms in total. The molecular weight excluding hydrogens is 183 g/mol. The van der Waals surface area contributed by atoms with Gasteiger partial charge in [0.2, 0.25) is 0 Å². The van der Waals surface area contributed by atoms with Gasteiger partial charge in [-0.15, -0.1) is 0 Å². The van der Waals surface area contributed by atoms with E-state index >= 15 is 0 Å². The van der Waals surface area contributed by atoms with Crippen molar-refractivity contribution >= 4 is 23.2 Å². The molecule has 0 fully saturated rings. The van der Waals surface area contributed by atoms with Gasteiger partial charge in [-0.05, 0) is 19.1 Å². The van der Waals surface area contributed by atoms with Crippen LogP contribution in [0.5, 0.6) is 5.75 Å². The smallest absolute Gasteiger partial charge is 0.139 e. The van der Waals surface area contributed by atoms with Gasteiger partial charge >= 0.3 is 0 Å². The van der Waals surface area contributed by atoms with E-state index in [1.807, 2.05) is 0 Å².